The van der Waals surface area contributed by atoms with Gasteiger partial charge in [0.25, 0.3) is 5.91 Å². The van der Waals surface area contributed by atoms with E-state index in [-0.39, 0.29) is 12.5 Å². The lowest BCUT2D eigenvalue weighted by atomic mass is 9.99. The second kappa shape index (κ2) is 6.91. The van der Waals surface area contributed by atoms with E-state index in [9.17, 15) is 4.79 Å². The summed E-state index contributed by atoms with van der Waals surface area (Å²) in [7, 11) is 1.58. The Hall–Kier alpha value is -2.90. The number of rotatable bonds is 5. The highest BCUT2D eigenvalue weighted by Gasteiger charge is 2.21. The van der Waals surface area contributed by atoms with Crippen molar-refractivity contribution >= 4 is 17.3 Å². The van der Waals surface area contributed by atoms with E-state index < -0.39 is 0 Å². The van der Waals surface area contributed by atoms with Crippen LogP contribution in [0.5, 0.6) is 5.75 Å². The first kappa shape index (κ1) is 15.0. The van der Waals surface area contributed by atoms with Crippen LogP contribution in [0.3, 0.4) is 0 Å². The zero-order valence-corrected chi connectivity index (χ0v) is 12.6. The molecule has 1 aromatic heterocycles. The number of benzene rings is 1. The maximum Gasteiger partial charge on any atom is 0.265 e. The number of aryl methyl sites for hydroxylation is 1. The number of oxime groups is 1. The van der Waals surface area contributed by atoms with Crippen LogP contribution in [0.4, 0.5) is 5.69 Å². The number of hydrogen-bond donors (Lipinski definition) is 1. The molecule has 1 aliphatic carbocycles. The van der Waals surface area contributed by atoms with Crippen LogP contribution < -0.4 is 10.1 Å². The second-order valence-electron chi connectivity index (χ2n) is 5.00. The largest absolute Gasteiger partial charge is 0.497 e. The van der Waals surface area contributed by atoms with Gasteiger partial charge in [0, 0.05) is 5.69 Å². The lowest BCUT2D eigenvalue weighted by Crippen LogP contribution is -2.18. The fraction of sp³-hybridized carbons (Fsp3) is 0.333. The summed E-state index contributed by atoms with van der Waals surface area (Å²) in [5, 5.41) is 14.3. The lowest BCUT2D eigenvalue weighted by Gasteiger charge is -2.09. The molecule has 0 unspecified atom stereocenters. The van der Waals surface area contributed by atoms with Gasteiger partial charge in [-0.2, -0.15) is 0 Å². The Labute approximate surface area is 132 Å². The van der Waals surface area contributed by atoms with Gasteiger partial charge in [0.2, 0.25) is 0 Å². The number of anilines is 1. The van der Waals surface area contributed by atoms with E-state index in [4.69, 9.17) is 14.2 Å². The summed E-state index contributed by atoms with van der Waals surface area (Å²) in [6.07, 6.45) is 2.44. The van der Waals surface area contributed by atoms with Gasteiger partial charge in [-0.1, -0.05) is 10.3 Å². The Balaban J connectivity index is 1.52. The van der Waals surface area contributed by atoms with Crippen LogP contribution in [0.2, 0.25) is 0 Å². The molecule has 0 aliphatic heterocycles. The van der Waals surface area contributed by atoms with E-state index in [0.717, 1.165) is 30.7 Å². The molecule has 3 rings (SSSR count). The van der Waals surface area contributed by atoms with Crippen LogP contribution >= 0.6 is 0 Å². The monoisotopic (exact) mass is 316 g/mol. The first-order chi connectivity index (χ1) is 11.3. The van der Waals surface area contributed by atoms with E-state index >= 15 is 0 Å². The van der Waals surface area contributed by atoms with Gasteiger partial charge in [-0.15, -0.1) is 0 Å². The average Bonchev–Trinajstić information content (AvgIpc) is 3.05. The third-order valence-corrected chi connectivity index (χ3v) is 3.40. The Morgan fingerprint density at radius 3 is 2.91 bits per heavy atom. The number of hydrogen-bond acceptors (Lipinski definition) is 7. The van der Waals surface area contributed by atoms with E-state index in [1.165, 1.54) is 0 Å². The number of nitrogens with one attached hydrogen (secondary N) is 1. The zero-order valence-electron chi connectivity index (χ0n) is 12.6. The lowest BCUT2D eigenvalue weighted by molar-refractivity contribution is -0.120. The van der Waals surface area contributed by atoms with Crippen LogP contribution in [0.1, 0.15) is 24.2 Å². The zero-order chi connectivity index (χ0) is 16.1. The van der Waals surface area contributed by atoms with Gasteiger partial charge in [-0.25, -0.2) is 4.63 Å². The topological polar surface area (TPSA) is 98.8 Å². The van der Waals surface area contributed by atoms with Crippen molar-refractivity contribution in [3.63, 3.8) is 0 Å². The van der Waals surface area contributed by atoms with Crippen molar-refractivity contribution in [3.05, 3.63) is 35.7 Å². The summed E-state index contributed by atoms with van der Waals surface area (Å²) in [5.41, 5.74) is 2.71. The molecule has 1 N–H and O–H groups in total. The Bertz CT molecular complexity index is 709. The quantitative estimate of drug-likeness (QED) is 0.844. The minimum Gasteiger partial charge on any atom is -0.497 e. The Morgan fingerprint density at radius 1 is 1.30 bits per heavy atom. The van der Waals surface area contributed by atoms with Crippen LogP contribution in [0, 0.1) is 0 Å². The molecule has 0 bridgehead atoms. The number of aromatic nitrogens is 2. The highest BCUT2D eigenvalue weighted by molar-refractivity contribution is 6.00. The van der Waals surface area contributed by atoms with Crippen LogP contribution in [-0.4, -0.2) is 35.6 Å². The van der Waals surface area contributed by atoms with Crippen molar-refractivity contribution in [2.45, 2.75) is 19.3 Å². The molecule has 8 nitrogen and oxygen atoms in total. The van der Waals surface area contributed by atoms with Gasteiger partial charge in [0.15, 0.2) is 12.3 Å². The average molecular weight is 316 g/mol. The molecular weight excluding hydrogens is 300 g/mol. The maximum atomic E-state index is 11.8. The summed E-state index contributed by atoms with van der Waals surface area (Å²) in [6.45, 7) is -0.184. The Morgan fingerprint density at radius 2 is 2.13 bits per heavy atom. The normalized spacial score (nSPS) is 15.1. The highest BCUT2D eigenvalue weighted by atomic mass is 16.6. The van der Waals surface area contributed by atoms with Gasteiger partial charge < -0.3 is 14.9 Å². The van der Waals surface area contributed by atoms with Gasteiger partial charge in [-0.05, 0) is 48.7 Å². The van der Waals surface area contributed by atoms with E-state index in [1.54, 1.807) is 31.4 Å². The van der Waals surface area contributed by atoms with Crippen molar-refractivity contribution in [1.29, 1.82) is 0 Å². The summed E-state index contributed by atoms with van der Waals surface area (Å²) in [6, 6.07) is 7.02. The summed E-state index contributed by atoms with van der Waals surface area (Å²) in [5.74, 6) is 0.425. The van der Waals surface area contributed by atoms with Gasteiger partial charge in [-0.3, -0.25) is 4.79 Å². The number of ether oxygens (including phenoxy) is 1. The number of nitrogens with zero attached hydrogens (tertiary/aromatic N) is 3. The van der Waals surface area contributed by atoms with Crippen molar-refractivity contribution in [3.8, 4) is 5.75 Å². The van der Waals surface area contributed by atoms with Crippen LogP contribution in [0.15, 0.2) is 34.1 Å². The minimum absolute atomic E-state index is 0.184. The van der Waals surface area contributed by atoms with Crippen molar-refractivity contribution in [1.82, 2.24) is 10.3 Å². The summed E-state index contributed by atoms with van der Waals surface area (Å²) < 4.78 is 9.75. The molecule has 2 aromatic rings. The molecule has 0 saturated heterocycles. The van der Waals surface area contributed by atoms with Crippen LogP contribution in [-0.2, 0) is 16.1 Å². The van der Waals surface area contributed by atoms with E-state index in [2.05, 4.69) is 20.8 Å². The summed E-state index contributed by atoms with van der Waals surface area (Å²) >= 11 is 0. The van der Waals surface area contributed by atoms with Gasteiger partial charge in [0.05, 0.1) is 7.11 Å². The van der Waals surface area contributed by atoms with Crippen molar-refractivity contribution in [2.75, 3.05) is 19.0 Å². The van der Waals surface area contributed by atoms with E-state index in [0.29, 0.717) is 17.1 Å². The second-order valence-corrected chi connectivity index (χ2v) is 5.00. The first-order valence-electron chi connectivity index (χ1n) is 7.21. The fourth-order valence-corrected chi connectivity index (χ4v) is 2.26. The Kier molecular flexibility index (Phi) is 4.51. The molecule has 0 atom stereocenters. The predicted octanol–water partition coefficient (Wildman–Crippen LogP) is 1.77. The van der Waals surface area contributed by atoms with Crippen LogP contribution in [0.25, 0.3) is 0 Å². The maximum absolute atomic E-state index is 11.8. The molecule has 0 saturated carbocycles. The molecule has 1 aliphatic rings. The smallest absolute Gasteiger partial charge is 0.265 e. The molecular formula is C15H16N4O4. The van der Waals surface area contributed by atoms with Crippen molar-refractivity contribution < 1.29 is 19.0 Å². The molecule has 0 radical (unpaired) electrons. The first-order valence-corrected chi connectivity index (χ1v) is 7.21. The standard InChI is InChI=1S/C15H16N4O4/c1-21-11-7-5-10(6-8-11)16-14(20)9-22-17-12-3-2-4-13-15(12)19-23-18-13/h5-8H,2-4,9H2,1H3,(H,16,20)/b17-12-. The molecule has 1 amide bonds. The number of fused-ring (bicyclic) bond motifs is 1. The molecule has 1 heterocycles. The number of carbonyl (C=O) groups excluding carboxylic acids is 1. The van der Waals surface area contributed by atoms with E-state index in [1.807, 2.05) is 0 Å². The highest BCUT2D eigenvalue weighted by Crippen LogP contribution is 2.18. The van der Waals surface area contributed by atoms with Gasteiger partial charge in [0.1, 0.15) is 17.2 Å². The van der Waals surface area contributed by atoms with Crippen molar-refractivity contribution in [2.24, 2.45) is 5.16 Å². The number of amides is 1. The molecule has 0 fully saturated rings. The SMILES string of the molecule is COc1ccc(NC(=O)CO/N=C2/CCCc3nonc32)cc1. The molecule has 8 heteroatoms. The fourth-order valence-electron chi connectivity index (χ4n) is 2.26. The molecule has 120 valence electrons. The summed E-state index contributed by atoms with van der Waals surface area (Å²) in [4.78, 5) is 16.9. The minimum atomic E-state index is -0.297. The third kappa shape index (κ3) is 3.65. The number of methoxy groups -OCH3 is 1. The predicted molar refractivity (Wildman–Crippen MR) is 81.3 cm³/mol. The third-order valence-electron chi connectivity index (χ3n) is 3.40. The molecule has 23 heavy (non-hydrogen) atoms. The van der Waals surface area contributed by atoms with Gasteiger partial charge >= 0.3 is 0 Å². The molecule has 1 aromatic carbocycles. The number of carbonyl (C=O) groups is 1. The molecule has 0 spiro atoms.